The molecule has 2 aliphatic rings. The zero-order valence-corrected chi connectivity index (χ0v) is 10.3. The van der Waals surface area contributed by atoms with E-state index in [1.807, 2.05) is 19.2 Å². The van der Waals surface area contributed by atoms with Gasteiger partial charge < -0.3 is 15.4 Å². The van der Waals surface area contributed by atoms with Crippen molar-refractivity contribution < 1.29 is 4.74 Å². The van der Waals surface area contributed by atoms with Crippen molar-refractivity contribution in [2.45, 2.75) is 38.0 Å². The number of rotatable bonds is 4. The molecule has 1 aliphatic heterocycles. The van der Waals surface area contributed by atoms with Crippen molar-refractivity contribution in [3.05, 3.63) is 18.3 Å². The average Bonchev–Trinajstić information content (AvgIpc) is 2.97. The first-order valence-electron chi connectivity index (χ1n) is 6.33. The third-order valence-electron chi connectivity index (χ3n) is 3.79. The predicted molar refractivity (Wildman–Crippen MR) is 67.3 cm³/mol. The average molecular weight is 233 g/mol. The summed E-state index contributed by atoms with van der Waals surface area (Å²) >= 11 is 0. The van der Waals surface area contributed by atoms with E-state index in [4.69, 9.17) is 4.74 Å². The maximum atomic E-state index is 5.91. The molecule has 4 heteroatoms. The lowest BCUT2D eigenvalue weighted by atomic mass is 10.1. The molecule has 1 aromatic rings. The number of aromatic nitrogens is 1. The molecule has 17 heavy (non-hydrogen) atoms. The maximum absolute atomic E-state index is 5.91. The Balaban J connectivity index is 1.57. The second kappa shape index (κ2) is 4.18. The summed E-state index contributed by atoms with van der Waals surface area (Å²) < 4.78 is 5.91. The van der Waals surface area contributed by atoms with E-state index in [1.54, 1.807) is 6.20 Å². The van der Waals surface area contributed by atoms with Gasteiger partial charge in [-0.2, -0.15) is 0 Å². The van der Waals surface area contributed by atoms with Crippen LogP contribution < -0.4 is 15.4 Å². The molecule has 3 rings (SSSR count). The van der Waals surface area contributed by atoms with Gasteiger partial charge in [-0.1, -0.05) is 0 Å². The number of nitrogens with zero attached hydrogens (tertiary/aromatic N) is 1. The Morgan fingerprint density at radius 2 is 2.35 bits per heavy atom. The number of piperidine rings is 1. The summed E-state index contributed by atoms with van der Waals surface area (Å²) in [6, 6.07) is 5.17. The normalized spacial score (nSPS) is 31.8. The van der Waals surface area contributed by atoms with Gasteiger partial charge in [0.25, 0.3) is 0 Å². The predicted octanol–water partition coefficient (Wildman–Crippen LogP) is 1.64. The van der Waals surface area contributed by atoms with E-state index in [2.05, 4.69) is 22.5 Å². The van der Waals surface area contributed by atoms with Crippen LogP contribution in [0.3, 0.4) is 0 Å². The number of pyridine rings is 1. The highest BCUT2D eigenvalue weighted by Gasteiger charge is 2.47. The molecule has 0 bridgehead atoms. The molecule has 1 saturated heterocycles. The van der Waals surface area contributed by atoms with Gasteiger partial charge in [-0.25, -0.2) is 4.98 Å². The number of ether oxygens (including phenoxy) is 1. The summed E-state index contributed by atoms with van der Waals surface area (Å²) in [5, 5.41) is 6.61. The van der Waals surface area contributed by atoms with E-state index in [0.717, 1.165) is 23.5 Å². The molecule has 0 spiro atoms. The third-order valence-corrected chi connectivity index (χ3v) is 3.79. The number of fused-ring (bicyclic) bond motifs is 1. The second-order valence-corrected chi connectivity index (χ2v) is 5.06. The Kier molecular flexibility index (Phi) is 2.67. The van der Waals surface area contributed by atoms with Crippen molar-refractivity contribution in [3.63, 3.8) is 0 Å². The first-order chi connectivity index (χ1) is 8.26. The number of hydrogen-bond acceptors (Lipinski definition) is 4. The quantitative estimate of drug-likeness (QED) is 0.830. The van der Waals surface area contributed by atoms with Crippen LogP contribution in [0.2, 0.25) is 0 Å². The Hall–Kier alpha value is -1.29. The topological polar surface area (TPSA) is 46.2 Å². The largest absolute Gasteiger partial charge is 0.487 e. The van der Waals surface area contributed by atoms with Gasteiger partial charge in [-0.05, 0) is 37.8 Å². The van der Waals surface area contributed by atoms with Crippen molar-refractivity contribution in [1.82, 2.24) is 10.3 Å². The van der Waals surface area contributed by atoms with Crippen LogP contribution in [-0.4, -0.2) is 30.2 Å². The van der Waals surface area contributed by atoms with Crippen LogP contribution in [0.25, 0.3) is 0 Å². The van der Waals surface area contributed by atoms with Crippen LogP contribution in [0.1, 0.15) is 19.8 Å². The molecular weight excluding hydrogens is 214 g/mol. The molecule has 1 saturated carbocycles. The summed E-state index contributed by atoms with van der Waals surface area (Å²) in [5.74, 6) is 2.62. The highest BCUT2D eigenvalue weighted by atomic mass is 16.5. The summed E-state index contributed by atoms with van der Waals surface area (Å²) in [7, 11) is 1.86. The van der Waals surface area contributed by atoms with E-state index in [-0.39, 0.29) is 6.10 Å². The van der Waals surface area contributed by atoms with Gasteiger partial charge in [0.1, 0.15) is 17.7 Å². The van der Waals surface area contributed by atoms with Gasteiger partial charge >= 0.3 is 0 Å². The molecular formula is C13H19N3O. The smallest absolute Gasteiger partial charge is 0.138 e. The van der Waals surface area contributed by atoms with Crippen molar-refractivity contribution in [1.29, 1.82) is 0 Å². The molecule has 4 unspecified atom stereocenters. The monoisotopic (exact) mass is 233 g/mol. The molecule has 2 N–H and O–H groups in total. The van der Waals surface area contributed by atoms with Crippen molar-refractivity contribution >= 4 is 5.82 Å². The standard InChI is InChI=1S/C13H19N3O/c1-8(11-5-9-6-12(9)16-11)17-10-3-4-13(14-2)15-7-10/h3-4,7-9,11-12,16H,5-6H2,1-2H3,(H,14,15). The molecule has 92 valence electrons. The molecule has 0 aromatic carbocycles. The molecule has 1 aromatic heterocycles. The highest BCUT2D eigenvalue weighted by Crippen LogP contribution is 2.41. The first kappa shape index (κ1) is 10.8. The Morgan fingerprint density at radius 1 is 1.47 bits per heavy atom. The Morgan fingerprint density at radius 3 is 2.94 bits per heavy atom. The fourth-order valence-corrected chi connectivity index (χ4v) is 2.60. The molecule has 2 fully saturated rings. The number of nitrogens with one attached hydrogen (secondary N) is 2. The van der Waals surface area contributed by atoms with E-state index in [1.165, 1.54) is 12.8 Å². The number of anilines is 1. The molecule has 4 atom stereocenters. The molecule has 0 radical (unpaired) electrons. The van der Waals surface area contributed by atoms with E-state index < -0.39 is 0 Å². The molecule has 0 amide bonds. The fraction of sp³-hybridized carbons (Fsp3) is 0.615. The minimum absolute atomic E-state index is 0.213. The van der Waals surface area contributed by atoms with E-state index >= 15 is 0 Å². The minimum Gasteiger partial charge on any atom is -0.487 e. The van der Waals surface area contributed by atoms with Crippen LogP contribution in [0.4, 0.5) is 5.82 Å². The summed E-state index contributed by atoms with van der Waals surface area (Å²) in [5.41, 5.74) is 0. The van der Waals surface area contributed by atoms with Crippen molar-refractivity contribution in [2.24, 2.45) is 5.92 Å². The Bertz CT molecular complexity index is 382. The summed E-state index contributed by atoms with van der Waals surface area (Å²) in [4.78, 5) is 4.24. The lowest BCUT2D eigenvalue weighted by Gasteiger charge is -2.22. The van der Waals surface area contributed by atoms with Crippen LogP contribution in [0.15, 0.2) is 18.3 Å². The first-order valence-corrected chi connectivity index (χ1v) is 6.33. The van der Waals surface area contributed by atoms with Crippen LogP contribution in [0, 0.1) is 5.92 Å². The highest BCUT2D eigenvalue weighted by molar-refractivity contribution is 5.36. The van der Waals surface area contributed by atoms with Gasteiger partial charge in [0.15, 0.2) is 0 Å². The fourth-order valence-electron chi connectivity index (χ4n) is 2.60. The van der Waals surface area contributed by atoms with Gasteiger partial charge in [-0.3, -0.25) is 0 Å². The minimum atomic E-state index is 0.213. The lowest BCUT2D eigenvalue weighted by molar-refractivity contribution is 0.172. The molecule has 4 nitrogen and oxygen atoms in total. The third kappa shape index (κ3) is 2.22. The summed E-state index contributed by atoms with van der Waals surface area (Å²) in [6.45, 7) is 2.13. The van der Waals surface area contributed by atoms with E-state index in [9.17, 15) is 0 Å². The van der Waals surface area contributed by atoms with Gasteiger partial charge in [0.2, 0.25) is 0 Å². The van der Waals surface area contributed by atoms with Crippen molar-refractivity contribution in [3.8, 4) is 5.75 Å². The maximum Gasteiger partial charge on any atom is 0.138 e. The summed E-state index contributed by atoms with van der Waals surface area (Å²) in [6.07, 6.45) is 4.61. The van der Waals surface area contributed by atoms with Crippen LogP contribution in [0.5, 0.6) is 5.75 Å². The van der Waals surface area contributed by atoms with Gasteiger partial charge in [0.05, 0.1) is 6.20 Å². The van der Waals surface area contributed by atoms with Crippen LogP contribution >= 0.6 is 0 Å². The van der Waals surface area contributed by atoms with Gasteiger partial charge in [0, 0.05) is 19.1 Å². The molecule has 1 aliphatic carbocycles. The van der Waals surface area contributed by atoms with Gasteiger partial charge in [-0.15, -0.1) is 0 Å². The SMILES string of the molecule is CNc1ccc(OC(C)C2CC3CC3N2)cn1. The zero-order chi connectivity index (χ0) is 11.8. The lowest BCUT2D eigenvalue weighted by Crippen LogP contribution is -2.38. The van der Waals surface area contributed by atoms with E-state index in [0.29, 0.717) is 6.04 Å². The second-order valence-electron chi connectivity index (χ2n) is 5.06. The van der Waals surface area contributed by atoms with Crippen LogP contribution in [-0.2, 0) is 0 Å². The zero-order valence-electron chi connectivity index (χ0n) is 10.3. The molecule has 2 heterocycles. The Labute approximate surface area is 102 Å². The van der Waals surface area contributed by atoms with Crippen molar-refractivity contribution in [2.75, 3.05) is 12.4 Å². The number of hydrogen-bond donors (Lipinski definition) is 2.